The van der Waals surface area contributed by atoms with Crippen LogP contribution in [0.25, 0.3) is 0 Å². The minimum Gasteiger partial charge on any atom is -0.466 e. The SMILES string of the molecule is CCOC(=O)CC(O)C(O)c1c[nH]c(=O)c(C#N)c1. The summed E-state index contributed by atoms with van der Waals surface area (Å²) in [4.78, 5) is 24.6. The maximum Gasteiger partial charge on any atom is 0.308 e. The molecule has 0 aliphatic carbocycles. The Hall–Kier alpha value is -2.17. The lowest BCUT2D eigenvalue weighted by Crippen LogP contribution is -2.24. The van der Waals surface area contributed by atoms with E-state index in [1.165, 1.54) is 6.20 Å². The molecular weight excluding hydrogens is 252 g/mol. The van der Waals surface area contributed by atoms with Gasteiger partial charge in [-0.3, -0.25) is 9.59 Å². The van der Waals surface area contributed by atoms with Crippen LogP contribution < -0.4 is 5.56 Å². The summed E-state index contributed by atoms with van der Waals surface area (Å²) < 4.78 is 4.64. The highest BCUT2D eigenvalue weighted by Gasteiger charge is 2.22. The number of ether oxygens (including phenoxy) is 1. The van der Waals surface area contributed by atoms with Gasteiger partial charge in [-0.05, 0) is 13.0 Å². The van der Waals surface area contributed by atoms with Crippen molar-refractivity contribution >= 4 is 5.97 Å². The third-order valence-corrected chi connectivity index (χ3v) is 2.43. The number of carbonyl (C=O) groups excluding carboxylic acids is 1. The Labute approximate surface area is 109 Å². The lowest BCUT2D eigenvalue weighted by Gasteiger charge is -2.17. The van der Waals surface area contributed by atoms with E-state index < -0.39 is 23.7 Å². The summed E-state index contributed by atoms with van der Waals surface area (Å²) in [5.74, 6) is -0.640. The Morgan fingerprint density at radius 3 is 2.84 bits per heavy atom. The maximum atomic E-state index is 11.2. The second kappa shape index (κ2) is 6.68. The number of aliphatic hydroxyl groups excluding tert-OH is 2. The first-order valence-electron chi connectivity index (χ1n) is 5.64. The zero-order chi connectivity index (χ0) is 14.4. The molecule has 19 heavy (non-hydrogen) atoms. The predicted molar refractivity (Wildman–Crippen MR) is 64.0 cm³/mol. The van der Waals surface area contributed by atoms with E-state index in [0.29, 0.717) is 0 Å². The molecule has 2 atom stereocenters. The molecule has 0 spiro atoms. The highest BCUT2D eigenvalue weighted by molar-refractivity contribution is 5.70. The molecule has 0 aliphatic heterocycles. The number of nitriles is 1. The summed E-state index contributed by atoms with van der Waals surface area (Å²) in [7, 11) is 0. The van der Waals surface area contributed by atoms with Crippen molar-refractivity contribution in [2.24, 2.45) is 0 Å². The molecule has 1 aromatic heterocycles. The van der Waals surface area contributed by atoms with E-state index in [9.17, 15) is 19.8 Å². The Morgan fingerprint density at radius 1 is 1.58 bits per heavy atom. The van der Waals surface area contributed by atoms with Crippen molar-refractivity contribution in [3.05, 3.63) is 33.7 Å². The third kappa shape index (κ3) is 3.91. The highest BCUT2D eigenvalue weighted by atomic mass is 16.5. The van der Waals surface area contributed by atoms with Gasteiger partial charge in [-0.25, -0.2) is 0 Å². The molecule has 0 saturated heterocycles. The smallest absolute Gasteiger partial charge is 0.308 e. The van der Waals surface area contributed by atoms with E-state index in [0.717, 1.165) is 6.07 Å². The summed E-state index contributed by atoms with van der Waals surface area (Å²) in [5, 5.41) is 28.2. The van der Waals surface area contributed by atoms with Gasteiger partial charge in [0.1, 0.15) is 17.7 Å². The fourth-order valence-electron chi connectivity index (χ4n) is 1.48. The van der Waals surface area contributed by atoms with E-state index in [2.05, 4.69) is 9.72 Å². The number of rotatable bonds is 5. The van der Waals surface area contributed by atoms with Gasteiger partial charge in [0.15, 0.2) is 0 Å². The molecule has 0 aromatic carbocycles. The van der Waals surface area contributed by atoms with Crippen LogP contribution in [-0.2, 0) is 9.53 Å². The first-order valence-corrected chi connectivity index (χ1v) is 5.64. The lowest BCUT2D eigenvalue weighted by molar-refractivity contribution is -0.147. The number of aromatic nitrogens is 1. The molecule has 0 fully saturated rings. The molecule has 3 N–H and O–H groups in total. The third-order valence-electron chi connectivity index (χ3n) is 2.43. The fourth-order valence-corrected chi connectivity index (χ4v) is 1.48. The summed E-state index contributed by atoms with van der Waals surface area (Å²) in [6.07, 6.45) is -1.97. The second-order valence-corrected chi connectivity index (χ2v) is 3.81. The molecule has 1 heterocycles. The molecular formula is C12H14N2O5. The average Bonchev–Trinajstić information content (AvgIpc) is 2.38. The zero-order valence-corrected chi connectivity index (χ0v) is 10.3. The quantitative estimate of drug-likeness (QED) is 0.623. The first-order chi connectivity index (χ1) is 8.99. The first kappa shape index (κ1) is 14.9. The van der Waals surface area contributed by atoms with E-state index in [1.807, 2.05) is 0 Å². The van der Waals surface area contributed by atoms with Crippen molar-refractivity contribution in [1.29, 1.82) is 5.26 Å². The van der Waals surface area contributed by atoms with Crippen LogP contribution in [0.1, 0.15) is 30.6 Å². The van der Waals surface area contributed by atoms with Crippen LogP contribution in [-0.4, -0.2) is 33.9 Å². The molecule has 0 saturated carbocycles. The largest absolute Gasteiger partial charge is 0.466 e. The number of aromatic amines is 1. The Bertz CT molecular complexity index is 546. The second-order valence-electron chi connectivity index (χ2n) is 3.81. The number of aliphatic hydroxyl groups is 2. The fraction of sp³-hybridized carbons (Fsp3) is 0.417. The van der Waals surface area contributed by atoms with Gasteiger partial charge in [0.05, 0.1) is 19.1 Å². The maximum absolute atomic E-state index is 11.2. The number of nitrogens with one attached hydrogen (secondary N) is 1. The number of pyridine rings is 1. The molecule has 1 aromatic rings. The van der Waals surface area contributed by atoms with Gasteiger partial charge >= 0.3 is 5.97 Å². The Morgan fingerprint density at radius 2 is 2.26 bits per heavy atom. The number of nitrogens with zero attached hydrogens (tertiary/aromatic N) is 1. The molecule has 0 bridgehead atoms. The molecule has 102 valence electrons. The highest BCUT2D eigenvalue weighted by Crippen LogP contribution is 2.18. The summed E-state index contributed by atoms with van der Waals surface area (Å²) in [6.45, 7) is 1.81. The van der Waals surface area contributed by atoms with Gasteiger partial charge in [0.2, 0.25) is 0 Å². The van der Waals surface area contributed by atoms with Crippen molar-refractivity contribution in [2.75, 3.05) is 6.61 Å². The van der Waals surface area contributed by atoms with Crippen molar-refractivity contribution in [3.63, 3.8) is 0 Å². The zero-order valence-electron chi connectivity index (χ0n) is 10.3. The molecule has 0 radical (unpaired) electrons. The van der Waals surface area contributed by atoms with Crippen molar-refractivity contribution < 1.29 is 19.7 Å². The Kier molecular flexibility index (Phi) is 5.23. The molecule has 0 amide bonds. The van der Waals surface area contributed by atoms with E-state index >= 15 is 0 Å². The van der Waals surface area contributed by atoms with Gasteiger partial charge in [-0.2, -0.15) is 5.26 Å². The normalized spacial score (nSPS) is 13.4. The minimum absolute atomic E-state index is 0.146. The summed E-state index contributed by atoms with van der Waals surface area (Å²) in [5.41, 5.74) is -0.619. The Balaban J connectivity index is 2.82. The van der Waals surface area contributed by atoms with Gasteiger partial charge in [0, 0.05) is 11.8 Å². The van der Waals surface area contributed by atoms with Gasteiger partial charge in [-0.1, -0.05) is 0 Å². The molecule has 7 heteroatoms. The van der Waals surface area contributed by atoms with Crippen LogP contribution in [0.4, 0.5) is 0 Å². The van der Waals surface area contributed by atoms with Crippen LogP contribution in [0, 0.1) is 11.3 Å². The minimum atomic E-state index is -1.40. The monoisotopic (exact) mass is 266 g/mol. The van der Waals surface area contributed by atoms with Gasteiger partial charge in [-0.15, -0.1) is 0 Å². The molecule has 7 nitrogen and oxygen atoms in total. The van der Waals surface area contributed by atoms with Crippen LogP contribution in [0.15, 0.2) is 17.1 Å². The lowest BCUT2D eigenvalue weighted by atomic mass is 10.0. The number of esters is 1. The van der Waals surface area contributed by atoms with Crippen molar-refractivity contribution in [2.45, 2.75) is 25.6 Å². The number of hydrogen-bond donors (Lipinski definition) is 3. The average molecular weight is 266 g/mol. The van der Waals surface area contributed by atoms with Crippen molar-refractivity contribution in [1.82, 2.24) is 4.98 Å². The number of carbonyl (C=O) groups is 1. The van der Waals surface area contributed by atoms with Crippen LogP contribution in [0.3, 0.4) is 0 Å². The van der Waals surface area contributed by atoms with E-state index in [-0.39, 0.29) is 24.2 Å². The summed E-state index contributed by atoms with van der Waals surface area (Å²) >= 11 is 0. The van der Waals surface area contributed by atoms with Gasteiger partial charge in [0.25, 0.3) is 5.56 Å². The van der Waals surface area contributed by atoms with Gasteiger partial charge < -0.3 is 19.9 Å². The number of hydrogen-bond acceptors (Lipinski definition) is 6. The van der Waals surface area contributed by atoms with E-state index in [4.69, 9.17) is 5.26 Å². The number of H-pyrrole nitrogens is 1. The van der Waals surface area contributed by atoms with Crippen LogP contribution in [0.2, 0.25) is 0 Å². The van der Waals surface area contributed by atoms with Crippen molar-refractivity contribution in [3.8, 4) is 6.07 Å². The van der Waals surface area contributed by atoms with Crippen LogP contribution in [0.5, 0.6) is 0 Å². The molecule has 1 rings (SSSR count). The standard InChI is InChI=1S/C12H14N2O5/c1-2-19-10(16)4-9(15)11(17)8-3-7(5-13)12(18)14-6-8/h3,6,9,11,15,17H,2,4H2,1H3,(H,14,18). The van der Waals surface area contributed by atoms with E-state index in [1.54, 1.807) is 13.0 Å². The summed E-state index contributed by atoms with van der Waals surface area (Å²) in [6, 6.07) is 2.83. The topological polar surface area (TPSA) is 123 Å². The molecule has 0 aliphatic rings. The predicted octanol–water partition coefficient (Wildman–Crippen LogP) is -0.406. The molecule has 2 unspecified atom stereocenters. The van der Waals surface area contributed by atoms with Crippen LogP contribution >= 0.6 is 0 Å².